The summed E-state index contributed by atoms with van der Waals surface area (Å²) in [4.78, 5) is 23.0. The largest absolute Gasteiger partial charge is 0.456 e. The molecule has 2 atom stereocenters. The maximum Gasteiger partial charge on any atom is 0.338 e. The summed E-state index contributed by atoms with van der Waals surface area (Å²) in [6.45, 7) is 0. The fourth-order valence-electron chi connectivity index (χ4n) is 2.44. The second-order valence-electron chi connectivity index (χ2n) is 4.94. The van der Waals surface area contributed by atoms with Gasteiger partial charge in [0.05, 0.1) is 11.7 Å². The number of benzene rings is 1. The van der Waals surface area contributed by atoms with Crippen LogP contribution >= 0.6 is 0 Å². The summed E-state index contributed by atoms with van der Waals surface area (Å²) in [6.07, 6.45) is 3.64. The molecule has 0 radical (unpaired) electrons. The zero-order valence-electron chi connectivity index (χ0n) is 11.5. The zero-order valence-corrected chi connectivity index (χ0v) is 11.5. The van der Waals surface area contributed by atoms with Crippen LogP contribution in [0.1, 0.15) is 46.4 Å². The first-order chi connectivity index (χ1) is 9.61. The molecule has 0 aromatic heterocycles. The van der Waals surface area contributed by atoms with E-state index in [1.165, 1.54) is 12.1 Å². The lowest BCUT2D eigenvalue weighted by molar-refractivity contribution is -0.0539. The molecule has 0 saturated heterocycles. The Morgan fingerprint density at radius 1 is 1.05 bits per heavy atom. The molecule has 1 aromatic carbocycles. The van der Waals surface area contributed by atoms with Gasteiger partial charge in [-0.3, -0.25) is 4.79 Å². The standard InChI is InChI=1S/C15H19NO4/c1-19-12-4-2-3-5-13(12)20-15(18)11-8-6-10(7-9-11)14(16)17/h6-9,12-13H,2-5H2,1H3,(H2,16,17). The summed E-state index contributed by atoms with van der Waals surface area (Å²) in [5.74, 6) is -0.911. The second kappa shape index (κ2) is 6.52. The van der Waals surface area contributed by atoms with Gasteiger partial charge in [0, 0.05) is 12.7 Å². The first-order valence-electron chi connectivity index (χ1n) is 6.75. The molecule has 1 saturated carbocycles. The highest BCUT2D eigenvalue weighted by Gasteiger charge is 2.28. The summed E-state index contributed by atoms with van der Waals surface area (Å²) < 4.78 is 10.9. The molecule has 2 rings (SSSR count). The quantitative estimate of drug-likeness (QED) is 0.852. The number of carbonyl (C=O) groups is 2. The van der Waals surface area contributed by atoms with Gasteiger partial charge in [-0.25, -0.2) is 4.79 Å². The molecule has 1 aromatic rings. The Kier molecular flexibility index (Phi) is 4.74. The zero-order chi connectivity index (χ0) is 14.5. The summed E-state index contributed by atoms with van der Waals surface area (Å²) in [6, 6.07) is 6.14. The number of carbonyl (C=O) groups excluding carboxylic acids is 2. The van der Waals surface area contributed by atoms with Crippen LogP contribution in [0.2, 0.25) is 0 Å². The van der Waals surface area contributed by atoms with Crippen molar-refractivity contribution >= 4 is 11.9 Å². The van der Waals surface area contributed by atoms with E-state index in [4.69, 9.17) is 15.2 Å². The van der Waals surface area contributed by atoms with Crippen LogP contribution in [0.25, 0.3) is 0 Å². The normalized spacial score (nSPS) is 22.2. The number of ether oxygens (including phenoxy) is 2. The molecule has 2 N–H and O–H groups in total. The maximum atomic E-state index is 12.1. The first-order valence-corrected chi connectivity index (χ1v) is 6.75. The molecular formula is C15H19NO4. The van der Waals surface area contributed by atoms with E-state index < -0.39 is 11.9 Å². The lowest BCUT2D eigenvalue weighted by Gasteiger charge is -2.29. The highest BCUT2D eigenvalue weighted by atomic mass is 16.6. The fourth-order valence-corrected chi connectivity index (χ4v) is 2.44. The van der Waals surface area contributed by atoms with Crippen molar-refractivity contribution in [2.24, 2.45) is 5.73 Å². The minimum Gasteiger partial charge on any atom is -0.456 e. The van der Waals surface area contributed by atoms with Crippen LogP contribution in [0.4, 0.5) is 0 Å². The number of amides is 1. The molecule has 1 amide bonds. The van der Waals surface area contributed by atoms with E-state index in [0.717, 1.165) is 25.7 Å². The number of primary amides is 1. The number of esters is 1. The minimum absolute atomic E-state index is 0.0300. The van der Waals surface area contributed by atoms with E-state index in [0.29, 0.717) is 11.1 Å². The van der Waals surface area contributed by atoms with Crippen molar-refractivity contribution in [1.29, 1.82) is 0 Å². The van der Waals surface area contributed by atoms with Gasteiger partial charge in [-0.1, -0.05) is 6.42 Å². The van der Waals surface area contributed by atoms with Crippen LogP contribution in [-0.4, -0.2) is 31.2 Å². The first kappa shape index (κ1) is 14.5. The van der Waals surface area contributed by atoms with Gasteiger partial charge in [-0.2, -0.15) is 0 Å². The van der Waals surface area contributed by atoms with Crippen LogP contribution in [0.3, 0.4) is 0 Å². The lowest BCUT2D eigenvalue weighted by Crippen LogP contribution is -2.35. The van der Waals surface area contributed by atoms with Crippen LogP contribution in [0.15, 0.2) is 24.3 Å². The van der Waals surface area contributed by atoms with Gasteiger partial charge < -0.3 is 15.2 Å². The van der Waals surface area contributed by atoms with Crippen molar-refractivity contribution in [2.45, 2.75) is 37.9 Å². The summed E-state index contributed by atoms with van der Waals surface area (Å²) in [5, 5.41) is 0. The highest BCUT2D eigenvalue weighted by Crippen LogP contribution is 2.24. The van der Waals surface area contributed by atoms with Gasteiger partial charge in [0.2, 0.25) is 5.91 Å². The smallest absolute Gasteiger partial charge is 0.338 e. The predicted molar refractivity (Wildman–Crippen MR) is 73.4 cm³/mol. The number of rotatable bonds is 4. The van der Waals surface area contributed by atoms with Crippen molar-refractivity contribution in [2.75, 3.05) is 7.11 Å². The second-order valence-corrected chi connectivity index (χ2v) is 4.94. The fraction of sp³-hybridized carbons (Fsp3) is 0.467. The van der Waals surface area contributed by atoms with E-state index >= 15 is 0 Å². The van der Waals surface area contributed by atoms with E-state index in [1.54, 1.807) is 19.2 Å². The van der Waals surface area contributed by atoms with Crippen molar-refractivity contribution in [1.82, 2.24) is 0 Å². The Balaban J connectivity index is 2.01. The van der Waals surface area contributed by atoms with E-state index in [1.807, 2.05) is 0 Å². The molecule has 1 aliphatic carbocycles. The van der Waals surface area contributed by atoms with Crippen LogP contribution in [-0.2, 0) is 9.47 Å². The number of hydrogen-bond donors (Lipinski definition) is 1. The molecule has 108 valence electrons. The third-order valence-corrected chi connectivity index (χ3v) is 3.61. The molecule has 0 aliphatic heterocycles. The lowest BCUT2D eigenvalue weighted by atomic mass is 9.94. The summed E-state index contributed by atoms with van der Waals surface area (Å²) in [7, 11) is 1.64. The molecule has 1 aliphatic rings. The van der Waals surface area contributed by atoms with Gasteiger partial charge in [0.25, 0.3) is 0 Å². The topological polar surface area (TPSA) is 78.6 Å². The van der Waals surface area contributed by atoms with Crippen molar-refractivity contribution < 1.29 is 19.1 Å². The van der Waals surface area contributed by atoms with Crippen molar-refractivity contribution in [3.63, 3.8) is 0 Å². The molecule has 2 unspecified atom stereocenters. The van der Waals surface area contributed by atoms with Gasteiger partial charge in [0.1, 0.15) is 6.10 Å². The Morgan fingerprint density at radius 3 is 2.15 bits per heavy atom. The molecule has 5 heteroatoms. The average molecular weight is 277 g/mol. The van der Waals surface area contributed by atoms with Crippen LogP contribution in [0.5, 0.6) is 0 Å². The third kappa shape index (κ3) is 3.36. The van der Waals surface area contributed by atoms with Crippen LogP contribution in [0, 0.1) is 0 Å². The molecule has 5 nitrogen and oxygen atoms in total. The monoisotopic (exact) mass is 277 g/mol. The van der Waals surface area contributed by atoms with Crippen LogP contribution < -0.4 is 5.73 Å². The SMILES string of the molecule is COC1CCCCC1OC(=O)c1ccc(C(N)=O)cc1. The number of hydrogen-bond acceptors (Lipinski definition) is 4. The molecule has 20 heavy (non-hydrogen) atoms. The number of methoxy groups -OCH3 is 1. The molecule has 0 bridgehead atoms. The van der Waals surface area contributed by atoms with Crippen molar-refractivity contribution in [3.8, 4) is 0 Å². The average Bonchev–Trinajstić information content (AvgIpc) is 2.48. The summed E-state index contributed by atoms with van der Waals surface area (Å²) >= 11 is 0. The van der Waals surface area contributed by atoms with Crippen molar-refractivity contribution in [3.05, 3.63) is 35.4 Å². The molecule has 0 heterocycles. The molecule has 0 spiro atoms. The van der Waals surface area contributed by atoms with E-state index in [9.17, 15) is 9.59 Å². The third-order valence-electron chi connectivity index (χ3n) is 3.61. The Hall–Kier alpha value is -1.88. The highest BCUT2D eigenvalue weighted by molar-refractivity contribution is 5.95. The Bertz CT molecular complexity index is 483. The van der Waals surface area contributed by atoms with E-state index in [-0.39, 0.29) is 12.2 Å². The van der Waals surface area contributed by atoms with Gasteiger partial charge in [-0.05, 0) is 43.5 Å². The van der Waals surface area contributed by atoms with Gasteiger partial charge >= 0.3 is 5.97 Å². The Morgan fingerprint density at radius 2 is 1.60 bits per heavy atom. The number of nitrogens with two attached hydrogens (primary N) is 1. The minimum atomic E-state index is -0.517. The molecule has 1 fully saturated rings. The summed E-state index contributed by atoms with van der Waals surface area (Å²) in [5.41, 5.74) is 5.94. The Labute approximate surface area is 118 Å². The maximum absolute atomic E-state index is 12.1. The molecular weight excluding hydrogens is 258 g/mol. The van der Waals surface area contributed by atoms with Gasteiger partial charge in [0.15, 0.2) is 0 Å². The predicted octanol–water partition coefficient (Wildman–Crippen LogP) is 1.90. The van der Waals surface area contributed by atoms with Gasteiger partial charge in [-0.15, -0.1) is 0 Å². The van der Waals surface area contributed by atoms with E-state index in [2.05, 4.69) is 0 Å².